The molecule has 4 rings (SSSR count). The summed E-state index contributed by atoms with van der Waals surface area (Å²) in [6, 6.07) is 13.2. The van der Waals surface area contributed by atoms with E-state index in [1.165, 1.54) is 35.2 Å². The Balaban J connectivity index is 1.82. The van der Waals surface area contributed by atoms with Crippen LogP contribution < -0.4 is 4.74 Å². The maximum Gasteiger partial charge on any atom is 0.216 e. The molecule has 1 atom stereocenters. The zero-order valence-electron chi connectivity index (χ0n) is 10.9. The van der Waals surface area contributed by atoms with E-state index >= 15 is 0 Å². The molecule has 1 aromatic heterocycles. The summed E-state index contributed by atoms with van der Waals surface area (Å²) in [6.07, 6.45) is 4.56. The van der Waals surface area contributed by atoms with Gasteiger partial charge in [0.2, 0.25) is 5.88 Å². The van der Waals surface area contributed by atoms with E-state index in [1.807, 2.05) is 0 Å². The first-order valence-corrected chi connectivity index (χ1v) is 7.12. The zero-order chi connectivity index (χ0) is 12.7. The molecule has 1 unspecified atom stereocenters. The number of benzene rings is 1. The van der Waals surface area contributed by atoms with Crippen molar-refractivity contribution in [2.45, 2.75) is 31.6 Å². The van der Waals surface area contributed by atoms with Crippen molar-refractivity contribution in [2.75, 3.05) is 6.61 Å². The number of aryl methyl sites for hydroxylation is 1. The third kappa shape index (κ3) is 1.83. The number of pyridine rings is 1. The molecule has 2 heterocycles. The maximum atomic E-state index is 5.59. The van der Waals surface area contributed by atoms with Gasteiger partial charge in [0.1, 0.15) is 0 Å². The summed E-state index contributed by atoms with van der Waals surface area (Å²) in [7, 11) is 0. The molecule has 0 amide bonds. The molecule has 1 aliphatic carbocycles. The van der Waals surface area contributed by atoms with Crippen LogP contribution in [0.3, 0.4) is 0 Å². The molecule has 0 radical (unpaired) electrons. The third-order valence-electron chi connectivity index (χ3n) is 4.27. The predicted octanol–water partition coefficient (Wildman–Crippen LogP) is 3.48. The van der Waals surface area contributed by atoms with Gasteiger partial charge in [0.05, 0.1) is 6.61 Å². The van der Waals surface area contributed by atoms with Crippen molar-refractivity contribution in [3.8, 4) is 5.88 Å². The van der Waals surface area contributed by atoms with Crippen molar-refractivity contribution in [3.63, 3.8) is 0 Å². The van der Waals surface area contributed by atoms with Crippen LogP contribution in [0.15, 0.2) is 36.4 Å². The molecule has 0 saturated carbocycles. The van der Waals surface area contributed by atoms with Crippen LogP contribution in [0.5, 0.6) is 5.88 Å². The van der Waals surface area contributed by atoms with Gasteiger partial charge in [-0.1, -0.05) is 30.3 Å². The smallest absolute Gasteiger partial charge is 0.216 e. The Morgan fingerprint density at radius 2 is 2.00 bits per heavy atom. The number of aromatic nitrogens is 1. The molecule has 19 heavy (non-hydrogen) atoms. The van der Waals surface area contributed by atoms with Crippen molar-refractivity contribution in [1.29, 1.82) is 0 Å². The summed E-state index contributed by atoms with van der Waals surface area (Å²) in [4.78, 5) is 4.75. The van der Waals surface area contributed by atoms with Gasteiger partial charge in [-0.05, 0) is 36.5 Å². The number of fused-ring (bicyclic) bond motifs is 2. The molecule has 96 valence electrons. The van der Waals surface area contributed by atoms with E-state index in [0.717, 1.165) is 25.3 Å². The highest BCUT2D eigenvalue weighted by molar-refractivity contribution is 5.43. The highest BCUT2D eigenvalue weighted by Gasteiger charge is 2.26. The summed E-state index contributed by atoms with van der Waals surface area (Å²) in [5, 5.41) is 0. The zero-order valence-corrected chi connectivity index (χ0v) is 10.9. The molecule has 1 aromatic carbocycles. The first-order valence-electron chi connectivity index (χ1n) is 7.12. The molecule has 0 bridgehead atoms. The normalized spacial score (nSPS) is 20.5. The fourth-order valence-corrected chi connectivity index (χ4v) is 3.32. The maximum absolute atomic E-state index is 5.59. The van der Waals surface area contributed by atoms with Crippen LogP contribution in [0.1, 0.15) is 41.1 Å². The largest absolute Gasteiger partial charge is 0.477 e. The fraction of sp³-hybridized carbons (Fsp3) is 0.353. The molecular formula is C17H17NO. The van der Waals surface area contributed by atoms with Crippen LogP contribution in [-0.2, 0) is 12.8 Å². The van der Waals surface area contributed by atoms with E-state index in [-0.39, 0.29) is 0 Å². The minimum atomic E-state index is 0.517. The second-order valence-corrected chi connectivity index (χ2v) is 5.44. The van der Waals surface area contributed by atoms with Crippen molar-refractivity contribution >= 4 is 0 Å². The van der Waals surface area contributed by atoms with Crippen molar-refractivity contribution in [1.82, 2.24) is 4.98 Å². The summed E-state index contributed by atoms with van der Waals surface area (Å²) < 4.78 is 5.59. The van der Waals surface area contributed by atoms with E-state index in [9.17, 15) is 0 Å². The summed E-state index contributed by atoms with van der Waals surface area (Å²) in [5.41, 5.74) is 5.40. The lowest BCUT2D eigenvalue weighted by atomic mass is 9.80. The summed E-state index contributed by atoms with van der Waals surface area (Å²) in [6.45, 7) is 0.793. The van der Waals surface area contributed by atoms with E-state index in [0.29, 0.717) is 5.92 Å². The Bertz CT molecular complexity index is 606. The molecule has 0 saturated heterocycles. The Kier molecular flexibility index (Phi) is 2.54. The Morgan fingerprint density at radius 1 is 1.11 bits per heavy atom. The molecule has 1 aliphatic heterocycles. The van der Waals surface area contributed by atoms with Gasteiger partial charge in [-0.25, -0.2) is 4.98 Å². The second-order valence-electron chi connectivity index (χ2n) is 5.44. The number of nitrogens with zero attached hydrogens (tertiary/aromatic N) is 1. The summed E-state index contributed by atoms with van der Waals surface area (Å²) in [5.74, 6) is 1.40. The quantitative estimate of drug-likeness (QED) is 0.774. The molecular weight excluding hydrogens is 234 g/mol. The lowest BCUT2D eigenvalue weighted by molar-refractivity contribution is 0.343. The van der Waals surface area contributed by atoms with E-state index < -0.39 is 0 Å². The van der Waals surface area contributed by atoms with Crippen LogP contribution >= 0.6 is 0 Å². The van der Waals surface area contributed by atoms with Crippen molar-refractivity contribution in [2.24, 2.45) is 0 Å². The van der Waals surface area contributed by atoms with Crippen molar-refractivity contribution < 1.29 is 4.74 Å². The van der Waals surface area contributed by atoms with E-state index in [4.69, 9.17) is 9.72 Å². The molecule has 0 fully saturated rings. The van der Waals surface area contributed by atoms with Gasteiger partial charge in [-0.2, -0.15) is 0 Å². The average Bonchev–Trinajstić information content (AvgIpc) is 2.92. The van der Waals surface area contributed by atoms with Gasteiger partial charge < -0.3 is 4.74 Å². The van der Waals surface area contributed by atoms with Gasteiger partial charge in [0.15, 0.2) is 0 Å². The molecule has 0 spiro atoms. The van der Waals surface area contributed by atoms with Gasteiger partial charge in [-0.3, -0.25) is 0 Å². The summed E-state index contributed by atoms with van der Waals surface area (Å²) >= 11 is 0. The Labute approximate surface area is 113 Å². The van der Waals surface area contributed by atoms with Gasteiger partial charge in [0, 0.05) is 23.6 Å². The highest BCUT2D eigenvalue weighted by Crippen LogP contribution is 2.38. The van der Waals surface area contributed by atoms with E-state index in [1.54, 1.807) is 0 Å². The number of ether oxygens (including phenoxy) is 1. The number of hydrogen-bond donors (Lipinski definition) is 0. The minimum Gasteiger partial charge on any atom is -0.477 e. The molecule has 2 aliphatic rings. The fourth-order valence-electron chi connectivity index (χ4n) is 3.32. The first kappa shape index (κ1) is 11.0. The first-order chi connectivity index (χ1) is 9.42. The standard InChI is InChI=1S/C17H17NO/c1-2-5-12(6-3-1)14-7-4-8-16-15(14)11-13-9-10-19-17(13)18-16/h1-3,5-6,11,14H,4,7-10H2. The van der Waals surface area contributed by atoms with Crippen LogP contribution in [0, 0.1) is 0 Å². The highest BCUT2D eigenvalue weighted by atomic mass is 16.5. The van der Waals surface area contributed by atoms with E-state index in [2.05, 4.69) is 36.4 Å². The molecule has 0 N–H and O–H groups in total. The van der Waals surface area contributed by atoms with Gasteiger partial charge in [-0.15, -0.1) is 0 Å². The van der Waals surface area contributed by atoms with Gasteiger partial charge in [0.25, 0.3) is 0 Å². The topological polar surface area (TPSA) is 22.1 Å². The number of hydrogen-bond acceptors (Lipinski definition) is 2. The molecule has 2 aromatic rings. The van der Waals surface area contributed by atoms with Crippen LogP contribution in [0.25, 0.3) is 0 Å². The predicted molar refractivity (Wildman–Crippen MR) is 74.7 cm³/mol. The van der Waals surface area contributed by atoms with Crippen LogP contribution in [0.2, 0.25) is 0 Å². The Hall–Kier alpha value is -1.83. The monoisotopic (exact) mass is 251 g/mol. The SMILES string of the molecule is c1ccc(C2CCCc3nc4c(cc32)CCO4)cc1. The van der Waals surface area contributed by atoms with Crippen LogP contribution in [-0.4, -0.2) is 11.6 Å². The van der Waals surface area contributed by atoms with Crippen molar-refractivity contribution in [3.05, 3.63) is 58.8 Å². The molecule has 2 nitrogen and oxygen atoms in total. The Morgan fingerprint density at radius 3 is 2.89 bits per heavy atom. The lowest BCUT2D eigenvalue weighted by Crippen LogP contribution is -2.13. The van der Waals surface area contributed by atoms with Gasteiger partial charge >= 0.3 is 0 Å². The molecule has 2 heteroatoms. The van der Waals surface area contributed by atoms with Crippen LogP contribution in [0.4, 0.5) is 0 Å². The lowest BCUT2D eigenvalue weighted by Gasteiger charge is -2.25. The second kappa shape index (κ2) is 4.37. The average molecular weight is 251 g/mol. The minimum absolute atomic E-state index is 0.517. The third-order valence-corrected chi connectivity index (χ3v) is 4.27. The number of rotatable bonds is 1.